The predicted molar refractivity (Wildman–Crippen MR) is 67.4 cm³/mol. The third-order valence-corrected chi connectivity index (χ3v) is 4.10. The van der Waals surface area contributed by atoms with Gasteiger partial charge in [-0.25, -0.2) is 0 Å². The van der Waals surface area contributed by atoms with Crippen LogP contribution >= 0.6 is 0 Å². The molecular formula is C15H19N. The Balaban J connectivity index is 1.90. The maximum atomic E-state index is 2.48. The lowest BCUT2D eigenvalue weighted by Crippen LogP contribution is -2.22. The van der Waals surface area contributed by atoms with Gasteiger partial charge in [0.25, 0.3) is 0 Å². The molecule has 1 aliphatic heterocycles. The molecule has 3 rings (SSSR count). The summed E-state index contributed by atoms with van der Waals surface area (Å²) in [6, 6.07) is 11.0. The van der Waals surface area contributed by atoms with Crippen molar-refractivity contribution in [3.63, 3.8) is 0 Å². The van der Waals surface area contributed by atoms with E-state index in [-0.39, 0.29) is 0 Å². The fourth-order valence-corrected chi connectivity index (χ4v) is 3.35. The smallest absolute Gasteiger partial charge is 0.00616 e. The van der Waals surface area contributed by atoms with E-state index in [0.29, 0.717) is 5.92 Å². The van der Waals surface area contributed by atoms with Gasteiger partial charge in [0.2, 0.25) is 0 Å². The summed E-state index contributed by atoms with van der Waals surface area (Å²) in [7, 11) is 2.25. The van der Waals surface area contributed by atoms with Gasteiger partial charge in [-0.05, 0) is 30.9 Å². The van der Waals surface area contributed by atoms with Gasteiger partial charge in [-0.1, -0.05) is 42.5 Å². The van der Waals surface area contributed by atoms with Crippen LogP contribution in [0.25, 0.3) is 0 Å². The van der Waals surface area contributed by atoms with E-state index >= 15 is 0 Å². The maximum Gasteiger partial charge on any atom is 0.00616 e. The molecule has 0 N–H and O–H groups in total. The molecule has 2 unspecified atom stereocenters. The van der Waals surface area contributed by atoms with Crippen LogP contribution in [0, 0.1) is 11.8 Å². The van der Waals surface area contributed by atoms with Crippen LogP contribution in [0.2, 0.25) is 0 Å². The van der Waals surface area contributed by atoms with Crippen molar-refractivity contribution in [3.8, 4) is 0 Å². The van der Waals surface area contributed by atoms with Crippen molar-refractivity contribution < 1.29 is 0 Å². The van der Waals surface area contributed by atoms with Crippen LogP contribution in [0.5, 0.6) is 0 Å². The molecule has 0 amide bonds. The molecule has 2 aliphatic rings. The van der Waals surface area contributed by atoms with Crippen molar-refractivity contribution in [3.05, 3.63) is 48.0 Å². The predicted octanol–water partition coefficient (Wildman–Crippen LogP) is 2.91. The molecule has 1 aromatic rings. The van der Waals surface area contributed by atoms with E-state index < -0.39 is 0 Å². The van der Waals surface area contributed by atoms with E-state index in [0.717, 1.165) is 11.8 Å². The van der Waals surface area contributed by atoms with Gasteiger partial charge in [-0.2, -0.15) is 0 Å². The zero-order valence-corrected chi connectivity index (χ0v) is 9.84. The Morgan fingerprint density at radius 3 is 2.75 bits per heavy atom. The molecule has 1 nitrogen and oxygen atoms in total. The summed E-state index contributed by atoms with van der Waals surface area (Å²) in [5, 5.41) is 0. The van der Waals surface area contributed by atoms with Crippen LogP contribution in [-0.2, 0) is 0 Å². The average Bonchev–Trinajstić information content (AvgIpc) is 2.70. The normalized spacial score (nSPS) is 33.9. The summed E-state index contributed by atoms with van der Waals surface area (Å²) < 4.78 is 0. The van der Waals surface area contributed by atoms with E-state index in [9.17, 15) is 0 Å². The highest BCUT2D eigenvalue weighted by Crippen LogP contribution is 2.41. The Morgan fingerprint density at radius 2 is 1.94 bits per heavy atom. The van der Waals surface area contributed by atoms with Gasteiger partial charge in [0.05, 0.1) is 0 Å². The third-order valence-electron chi connectivity index (χ3n) is 4.10. The van der Waals surface area contributed by atoms with Gasteiger partial charge in [0, 0.05) is 19.0 Å². The molecule has 0 saturated carbocycles. The summed E-state index contributed by atoms with van der Waals surface area (Å²) in [4.78, 5) is 2.48. The van der Waals surface area contributed by atoms with Crippen LogP contribution in [0.3, 0.4) is 0 Å². The van der Waals surface area contributed by atoms with Crippen LogP contribution in [-0.4, -0.2) is 25.0 Å². The van der Waals surface area contributed by atoms with Crippen LogP contribution in [0.4, 0.5) is 0 Å². The molecule has 0 aromatic heterocycles. The number of benzene rings is 1. The molecule has 1 aromatic carbocycles. The van der Waals surface area contributed by atoms with E-state index in [4.69, 9.17) is 0 Å². The van der Waals surface area contributed by atoms with Crippen molar-refractivity contribution in [2.45, 2.75) is 12.3 Å². The fraction of sp³-hybridized carbons (Fsp3) is 0.467. The first-order valence-electron chi connectivity index (χ1n) is 6.25. The highest BCUT2D eigenvalue weighted by atomic mass is 15.1. The number of hydrogen-bond acceptors (Lipinski definition) is 1. The quantitative estimate of drug-likeness (QED) is 0.648. The first-order chi connectivity index (χ1) is 7.84. The monoisotopic (exact) mass is 213 g/mol. The van der Waals surface area contributed by atoms with Crippen LogP contribution in [0.1, 0.15) is 17.9 Å². The molecule has 1 heterocycles. The first kappa shape index (κ1) is 10.1. The van der Waals surface area contributed by atoms with Gasteiger partial charge in [0.15, 0.2) is 0 Å². The number of rotatable bonds is 1. The molecule has 0 radical (unpaired) electrons. The lowest BCUT2D eigenvalue weighted by Gasteiger charge is -2.29. The summed E-state index contributed by atoms with van der Waals surface area (Å²) in [5.41, 5.74) is 1.49. The standard InChI is InChI=1S/C15H19N/c1-16-10-13-8-5-9-14(15(13)11-16)12-6-3-2-4-7-12/h2-7,9,13-15H,8,10-11H2,1H3/t13?,14-,15?/m1/s1. The van der Waals surface area contributed by atoms with E-state index in [1.54, 1.807) is 0 Å². The Kier molecular flexibility index (Phi) is 2.56. The van der Waals surface area contributed by atoms with Crippen molar-refractivity contribution >= 4 is 0 Å². The molecule has 0 spiro atoms. The number of likely N-dealkylation sites (tertiary alicyclic amines) is 1. The lowest BCUT2D eigenvalue weighted by molar-refractivity contribution is 0.368. The number of hydrogen-bond donors (Lipinski definition) is 0. The van der Waals surface area contributed by atoms with E-state index in [1.165, 1.54) is 25.1 Å². The zero-order valence-electron chi connectivity index (χ0n) is 9.84. The van der Waals surface area contributed by atoms with Crippen molar-refractivity contribution in [2.24, 2.45) is 11.8 Å². The highest BCUT2D eigenvalue weighted by molar-refractivity contribution is 5.27. The topological polar surface area (TPSA) is 3.24 Å². The Hall–Kier alpha value is -1.08. The fourth-order valence-electron chi connectivity index (χ4n) is 3.35. The molecule has 84 valence electrons. The molecule has 1 saturated heterocycles. The molecule has 1 heteroatoms. The van der Waals surface area contributed by atoms with Crippen molar-refractivity contribution in [1.29, 1.82) is 0 Å². The average molecular weight is 213 g/mol. The SMILES string of the molecule is CN1CC2CC=C[C@H](c3ccccc3)C2C1. The lowest BCUT2D eigenvalue weighted by atomic mass is 9.75. The van der Waals surface area contributed by atoms with Crippen LogP contribution in [0.15, 0.2) is 42.5 Å². The summed E-state index contributed by atoms with van der Waals surface area (Å²) in [5.74, 6) is 2.35. The zero-order chi connectivity index (χ0) is 11.0. The minimum atomic E-state index is 0.643. The maximum absolute atomic E-state index is 2.48. The summed E-state index contributed by atoms with van der Waals surface area (Å²) in [6.07, 6.45) is 6.09. The van der Waals surface area contributed by atoms with Gasteiger partial charge >= 0.3 is 0 Å². The third kappa shape index (κ3) is 1.69. The molecular weight excluding hydrogens is 194 g/mol. The van der Waals surface area contributed by atoms with Gasteiger partial charge in [0.1, 0.15) is 0 Å². The summed E-state index contributed by atoms with van der Waals surface area (Å²) >= 11 is 0. The minimum Gasteiger partial charge on any atom is -0.306 e. The second-order valence-electron chi connectivity index (χ2n) is 5.25. The number of fused-ring (bicyclic) bond motifs is 1. The number of allylic oxidation sites excluding steroid dienone is 2. The van der Waals surface area contributed by atoms with Gasteiger partial charge < -0.3 is 4.90 Å². The Morgan fingerprint density at radius 1 is 1.12 bits per heavy atom. The van der Waals surface area contributed by atoms with Crippen molar-refractivity contribution in [1.82, 2.24) is 4.90 Å². The summed E-state index contributed by atoms with van der Waals surface area (Å²) in [6.45, 7) is 2.53. The highest BCUT2D eigenvalue weighted by Gasteiger charge is 2.37. The molecule has 1 fully saturated rings. The largest absolute Gasteiger partial charge is 0.306 e. The minimum absolute atomic E-state index is 0.643. The second-order valence-corrected chi connectivity index (χ2v) is 5.25. The first-order valence-corrected chi connectivity index (χ1v) is 6.25. The molecule has 1 aliphatic carbocycles. The van der Waals surface area contributed by atoms with Gasteiger partial charge in [-0.3, -0.25) is 0 Å². The molecule has 16 heavy (non-hydrogen) atoms. The number of nitrogens with zero attached hydrogens (tertiary/aromatic N) is 1. The Bertz CT molecular complexity index is 382. The van der Waals surface area contributed by atoms with Gasteiger partial charge in [-0.15, -0.1) is 0 Å². The van der Waals surface area contributed by atoms with Crippen LogP contribution < -0.4 is 0 Å². The molecule has 3 atom stereocenters. The molecule has 0 bridgehead atoms. The van der Waals surface area contributed by atoms with Crippen molar-refractivity contribution in [2.75, 3.05) is 20.1 Å². The van der Waals surface area contributed by atoms with E-state index in [2.05, 4.69) is 54.4 Å². The second kappa shape index (κ2) is 4.06. The van der Waals surface area contributed by atoms with E-state index in [1.807, 2.05) is 0 Å². The Labute approximate surface area is 97.8 Å².